The van der Waals surface area contributed by atoms with Gasteiger partial charge in [-0.15, -0.1) is 0 Å². The third-order valence-corrected chi connectivity index (χ3v) is 4.24. The Bertz CT molecular complexity index is 1200. The van der Waals surface area contributed by atoms with Gasteiger partial charge in [0.1, 0.15) is 10.7 Å². The molecule has 0 atom stereocenters. The Morgan fingerprint density at radius 3 is 2.53 bits per heavy atom. The number of amides is 1. The number of aryl methyl sites for hydroxylation is 1. The number of nitrogens with one attached hydrogen (secondary N) is 1. The Morgan fingerprint density at radius 1 is 1.09 bits per heavy atom. The van der Waals surface area contributed by atoms with Gasteiger partial charge in [-0.05, 0) is 55.8 Å². The molecular formula is C23H21N3O8. The molecule has 0 aliphatic heterocycles. The predicted octanol–water partition coefficient (Wildman–Crippen LogP) is 3.64. The Morgan fingerprint density at radius 2 is 1.85 bits per heavy atom. The van der Waals surface area contributed by atoms with Crippen LogP contribution in [-0.4, -0.2) is 36.2 Å². The molecule has 0 unspecified atom stereocenters. The first-order valence-corrected chi connectivity index (χ1v) is 10.1. The van der Waals surface area contributed by atoms with Gasteiger partial charge in [0.05, 0.1) is 18.9 Å². The van der Waals surface area contributed by atoms with Crippen molar-refractivity contribution in [2.75, 3.05) is 13.2 Å². The molecular weight excluding hydrogens is 446 g/mol. The number of nitrogens with zero attached hydrogens (tertiary/aromatic N) is 2. The molecule has 0 spiro atoms. The molecule has 3 aromatic rings. The fourth-order valence-electron chi connectivity index (χ4n) is 2.64. The van der Waals surface area contributed by atoms with Crippen LogP contribution in [0.2, 0.25) is 0 Å². The zero-order chi connectivity index (χ0) is 24.5. The van der Waals surface area contributed by atoms with E-state index in [0.29, 0.717) is 11.3 Å². The van der Waals surface area contributed by atoms with Crippen molar-refractivity contribution in [2.45, 2.75) is 13.8 Å². The summed E-state index contributed by atoms with van der Waals surface area (Å²) in [4.78, 5) is 34.1. The van der Waals surface area contributed by atoms with E-state index in [9.17, 15) is 19.7 Å². The van der Waals surface area contributed by atoms with E-state index >= 15 is 0 Å². The lowest BCUT2D eigenvalue weighted by Gasteiger charge is -2.10. The fraction of sp³-hybridized carbons (Fsp3) is 0.174. The van der Waals surface area contributed by atoms with Gasteiger partial charge in [0.2, 0.25) is 5.76 Å². The van der Waals surface area contributed by atoms with Crippen molar-refractivity contribution in [1.29, 1.82) is 0 Å². The third kappa shape index (κ3) is 6.66. The number of furan rings is 1. The van der Waals surface area contributed by atoms with Crippen molar-refractivity contribution in [1.82, 2.24) is 5.43 Å². The SMILES string of the molecule is CCOc1cc(/C=N/NC(=O)COc2ccc(C)cc2)ccc1OC(=O)c1ccc([N+](=O)[O-])o1. The van der Waals surface area contributed by atoms with E-state index in [1.807, 2.05) is 19.1 Å². The van der Waals surface area contributed by atoms with Crippen LogP contribution in [-0.2, 0) is 4.79 Å². The number of hydrogen-bond acceptors (Lipinski definition) is 9. The van der Waals surface area contributed by atoms with Crippen molar-refractivity contribution in [3.8, 4) is 17.2 Å². The molecule has 0 saturated heterocycles. The zero-order valence-corrected chi connectivity index (χ0v) is 18.3. The summed E-state index contributed by atoms with van der Waals surface area (Å²) in [6.45, 7) is 3.78. The lowest BCUT2D eigenvalue weighted by Crippen LogP contribution is -2.24. The van der Waals surface area contributed by atoms with Gasteiger partial charge < -0.3 is 18.6 Å². The lowest BCUT2D eigenvalue weighted by atomic mass is 10.2. The minimum atomic E-state index is -0.920. The van der Waals surface area contributed by atoms with Gasteiger partial charge in [0.15, 0.2) is 18.1 Å². The minimum Gasteiger partial charge on any atom is -0.490 e. The smallest absolute Gasteiger partial charge is 0.433 e. The summed E-state index contributed by atoms with van der Waals surface area (Å²) in [5.74, 6) is -1.38. The summed E-state index contributed by atoms with van der Waals surface area (Å²) in [6, 6.07) is 14.1. The maximum Gasteiger partial charge on any atom is 0.433 e. The number of hydrogen-bond donors (Lipinski definition) is 1. The molecule has 0 aliphatic carbocycles. The van der Waals surface area contributed by atoms with Gasteiger partial charge >= 0.3 is 11.9 Å². The molecule has 0 saturated carbocycles. The maximum atomic E-state index is 12.2. The first kappa shape index (κ1) is 24.0. The average Bonchev–Trinajstić information content (AvgIpc) is 3.31. The average molecular weight is 467 g/mol. The highest BCUT2D eigenvalue weighted by molar-refractivity contribution is 5.89. The van der Waals surface area contributed by atoms with E-state index in [1.54, 1.807) is 31.2 Å². The fourth-order valence-corrected chi connectivity index (χ4v) is 2.64. The Kier molecular flexibility index (Phi) is 7.95. The number of rotatable bonds is 10. The van der Waals surface area contributed by atoms with Crippen molar-refractivity contribution in [3.05, 3.63) is 81.6 Å². The summed E-state index contributed by atoms with van der Waals surface area (Å²) in [5, 5.41) is 14.6. The number of esters is 1. The van der Waals surface area contributed by atoms with Gasteiger partial charge in [-0.25, -0.2) is 10.2 Å². The first-order valence-electron chi connectivity index (χ1n) is 10.1. The molecule has 1 heterocycles. The number of ether oxygens (including phenoxy) is 3. The Labute approximate surface area is 194 Å². The second kappa shape index (κ2) is 11.3. The molecule has 0 fully saturated rings. The van der Waals surface area contributed by atoms with Crippen LogP contribution < -0.4 is 19.6 Å². The summed E-state index contributed by atoms with van der Waals surface area (Å²) < 4.78 is 21.0. The molecule has 0 radical (unpaired) electrons. The maximum absolute atomic E-state index is 12.2. The van der Waals surface area contributed by atoms with Crippen LogP contribution >= 0.6 is 0 Å². The van der Waals surface area contributed by atoms with E-state index in [2.05, 4.69) is 10.5 Å². The number of hydrazone groups is 1. The molecule has 0 aliphatic rings. The minimum absolute atomic E-state index is 0.0820. The van der Waals surface area contributed by atoms with Crippen LogP contribution in [0.15, 0.2) is 64.1 Å². The topological polar surface area (TPSA) is 142 Å². The van der Waals surface area contributed by atoms with E-state index < -0.39 is 22.7 Å². The monoisotopic (exact) mass is 467 g/mol. The van der Waals surface area contributed by atoms with Crippen molar-refractivity contribution in [3.63, 3.8) is 0 Å². The van der Waals surface area contributed by atoms with Crippen molar-refractivity contribution >= 4 is 24.0 Å². The van der Waals surface area contributed by atoms with Crippen LogP contribution in [0.4, 0.5) is 5.88 Å². The summed E-state index contributed by atoms with van der Waals surface area (Å²) in [6.07, 6.45) is 1.38. The molecule has 1 amide bonds. The highest BCUT2D eigenvalue weighted by Crippen LogP contribution is 2.29. The lowest BCUT2D eigenvalue weighted by molar-refractivity contribution is -0.402. The molecule has 1 N–H and O–H groups in total. The highest BCUT2D eigenvalue weighted by atomic mass is 16.7. The third-order valence-electron chi connectivity index (χ3n) is 4.24. The molecule has 0 bridgehead atoms. The molecule has 11 nitrogen and oxygen atoms in total. The predicted molar refractivity (Wildman–Crippen MR) is 120 cm³/mol. The van der Waals surface area contributed by atoms with Crippen LogP contribution in [0.25, 0.3) is 0 Å². The first-order chi connectivity index (χ1) is 16.4. The van der Waals surface area contributed by atoms with Gasteiger partial charge in [0.25, 0.3) is 5.91 Å². The molecule has 11 heteroatoms. The van der Waals surface area contributed by atoms with Gasteiger partial charge in [0, 0.05) is 0 Å². The Balaban J connectivity index is 1.59. The van der Waals surface area contributed by atoms with Gasteiger partial charge in [-0.2, -0.15) is 5.10 Å². The summed E-state index contributed by atoms with van der Waals surface area (Å²) >= 11 is 0. The van der Waals surface area contributed by atoms with Crippen LogP contribution in [0.1, 0.15) is 28.6 Å². The number of nitro groups is 1. The largest absolute Gasteiger partial charge is 0.490 e. The molecule has 3 rings (SSSR count). The summed E-state index contributed by atoms with van der Waals surface area (Å²) in [5.41, 5.74) is 3.99. The van der Waals surface area contributed by atoms with Gasteiger partial charge in [-0.1, -0.05) is 17.7 Å². The standard InChI is InChI=1S/C23H21N3O8/c1-3-31-20-12-16(13-24-25-21(27)14-32-17-7-4-15(2)5-8-17)6-9-18(20)34-23(28)19-10-11-22(33-19)26(29)30/h4-13H,3,14H2,1-2H3,(H,25,27)/b24-13+. The van der Waals surface area contributed by atoms with Crippen molar-refractivity contribution in [2.24, 2.45) is 5.10 Å². The second-order valence-corrected chi connectivity index (χ2v) is 6.82. The number of carbonyl (C=O) groups excluding carboxylic acids is 2. The Hall–Kier alpha value is -4.67. The second-order valence-electron chi connectivity index (χ2n) is 6.82. The normalized spacial score (nSPS) is 10.6. The highest BCUT2D eigenvalue weighted by Gasteiger charge is 2.20. The number of carbonyl (C=O) groups is 2. The molecule has 2 aromatic carbocycles. The van der Waals surface area contributed by atoms with Gasteiger partial charge in [-0.3, -0.25) is 14.9 Å². The molecule has 1 aromatic heterocycles. The van der Waals surface area contributed by atoms with Crippen LogP contribution in [0, 0.1) is 17.0 Å². The summed E-state index contributed by atoms with van der Waals surface area (Å²) in [7, 11) is 0. The van der Waals surface area contributed by atoms with E-state index in [4.69, 9.17) is 18.6 Å². The van der Waals surface area contributed by atoms with E-state index in [1.165, 1.54) is 12.3 Å². The number of benzene rings is 2. The molecule has 34 heavy (non-hydrogen) atoms. The quantitative estimate of drug-likeness (QED) is 0.157. The van der Waals surface area contributed by atoms with Crippen LogP contribution in [0.3, 0.4) is 0 Å². The zero-order valence-electron chi connectivity index (χ0n) is 18.3. The molecule has 176 valence electrons. The van der Waals surface area contributed by atoms with Crippen molar-refractivity contribution < 1.29 is 33.1 Å². The van der Waals surface area contributed by atoms with E-state index in [0.717, 1.165) is 17.7 Å². The van der Waals surface area contributed by atoms with E-state index in [-0.39, 0.29) is 30.5 Å². The van der Waals surface area contributed by atoms with Crippen LogP contribution in [0.5, 0.6) is 17.2 Å².